The Balaban J connectivity index is 1.48. The van der Waals surface area contributed by atoms with Crippen molar-refractivity contribution < 1.29 is 14.7 Å². The molecule has 0 saturated carbocycles. The molecule has 0 bridgehead atoms. The first-order chi connectivity index (χ1) is 13.5. The second-order valence-corrected chi connectivity index (χ2v) is 7.64. The Morgan fingerprint density at radius 1 is 1.07 bits per heavy atom. The maximum atomic E-state index is 12.8. The lowest BCUT2D eigenvalue weighted by Gasteiger charge is -2.31. The number of anilines is 2. The summed E-state index contributed by atoms with van der Waals surface area (Å²) >= 11 is 0. The fourth-order valence-electron chi connectivity index (χ4n) is 4.25. The number of amides is 2. The number of nitrogens with zero attached hydrogens (tertiary/aromatic N) is 2. The first-order valence-electron chi connectivity index (χ1n) is 9.74. The third-order valence-electron chi connectivity index (χ3n) is 5.69. The predicted octanol–water partition coefficient (Wildman–Crippen LogP) is 2.08. The van der Waals surface area contributed by atoms with Crippen LogP contribution in [-0.4, -0.2) is 47.6 Å². The molecule has 6 nitrogen and oxygen atoms in total. The van der Waals surface area contributed by atoms with E-state index in [-0.39, 0.29) is 24.8 Å². The van der Waals surface area contributed by atoms with Gasteiger partial charge in [0.15, 0.2) is 0 Å². The molecule has 146 valence electrons. The standard InChI is InChI=1S/C22H25N3O3/c23-21(27)12-17-13-24(14-20(17)26)22(28)16-7-9-18(10-8-16)25-11-3-5-15-4-1-2-6-19(15)25/h1-2,4,6-10,17,20,26H,3,5,11-14H2,(H2,23,27)/t17-,20-/m1/s1. The fourth-order valence-corrected chi connectivity index (χ4v) is 4.25. The van der Waals surface area contributed by atoms with E-state index >= 15 is 0 Å². The molecule has 1 fully saturated rings. The summed E-state index contributed by atoms with van der Waals surface area (Å²) in [5, 5.41) is 10.1. The highest BCUT2D eigenvalue weighted by Crippen LogP contribution is 2.33. The van der Waals surface area contributed by atoms with Gasteiger partial charge in [0.05, 0.1) is 6.10 Å². The molecule has 4 rings (SSSR count). The summed E-state index contributed by atoms with van der Waals surface area (Å²) in [5.41, 5.74) is 9.46. The Kier molecular flexibility index (Phi) is 5.05. The molecule has 2 atom stereocenters. The number of nitrogens with two attached hydrogens (primary N) is 1. The van der Waals surface area contributed by atoms with Crippen molar-refractivity contribution in [3.63, 3.8) is 0 Å². The molecule has 2 aliphatic heterocycles. The van der Waals surface area contributed by atoms with Crippen molar-refractivity contribution in [2.45, 2.75) is 25.4 Å². The molecular weight excluding hydrogens is 354 g/mol. The number of likely N-dealkylation sites (tertiary alicyclic amines) is 1. The molecule has 2 aromatic rings. The number of rotatable bonds is 4. The van der Waals surface area contributed by atoms with Crippen molar-refractivity contribution in [3.05, 3.63) is 59.7 Å². The van der Waals surface area contributed by atoms with Gasteiger partial charge in [0.2, 0.25) is 5.91 Å². The predicted molar refractivity (Wildman–Crippen MR) is 107 cm³/mol. The van der Waals surface area contributed by atoms with Gasteiger partial charge in [-0.1, -0.05) is 18.2 Å². The van der Waals surface area contributed by atoms with Crippen LogP contribution in [0.25, 0.3) is 0 Å². The monoisotopic (exact) mass is 379 g/mol. The minimum atomic E-state index is -0.708. The zero-order valence-corrected chi connectivity index (χ0v) is 15.8. The van der Waals surface area contributed by atoms with Crippen molar-refractivity contribution in [1.82, 2.24) is 4.90 Å². The van der Waals surface area contributed by atoms with Crippen LogP contribution in [0.1, 0.15) is 28.8 Å². The number of para-hydroxylation sites is 1. The second kappa shape index (κ2) is 7.64. The number of fused-ring (bicyclic) bond motifs is 1. The van der Waals surface area contributed by atoms with Crippen molar-refractivity contribution in [2.75, 3.05) is 24.5 Å². The SMILES string of the molecule is NC(=O)C[C@@H]1CN(C(=O)c2ccc(N3CCCc4ccccc43)cc2)C[C@H]1O. The maximum absolute atomic E-state index is 12.8. The Morgan fingerprint density at radius 3 is 2.57 bits per heavy atom. The number of aryl methyl sites for hydroxylation is 1. The third-order valence-corrected chi connectivity index (χ3v) is 5.69. The first kappa shape index (κ1) is 18.5. The molecular formula is C22H25N3O3. The van der Waals surface area contributed by atoms with Gasteiger partial charge in [-0.2, -0.15) is 0 Å². The topological polar surface area (TPSA) is 86.9 Å². The van der Waals surface area contributed by atoms with Gasteiger partial charge in [0.25, 0.3) is 5.91 Å². The molecule has 0 aliphatic carbocycles. The Morgan fingerprint density at radius 2 is 1.82 bits per heavy atom. The van der Waals surface area contributed by atoms with Crippen LogP contribution in [0.15, 0.2) is 48.5 Å². The van der Waals surface area contributed by atoms with Crippen LogP contribution in [0.4, 0.5) is 11.4 Å². The Bertz CT molecular complexity index is 881. The summed E-state index contributed by atoms with van der Waals surface area (Å²) in [6.45, 7) is 1.54. The summed E-state index contributed by atoms with van der Waals surface area (Å²) in [4.78, 5) is 27.8. The molecule has 28 heavy (non-hydrogen) atoms. The highest BCUT2D eigenvalue weighted by molar-refractivity contribution is 5.95. The smallest absolute Gasteiger partial charge is 0.253 e. The zero-order chi connectivity index (χ0) is 19.7. The van der Waals surface area contributed by atoms with Crippen molar-refractivity contribution in [3.8, 4) is 0 Å². The lowest BCUT2D eigenvalue weighted by Crippen LogP contribution is -2.30. The van der Waals surface area contributed by atoms with Crippen molar-refractivity contribution in [2.24, 2.45) is 11.7 Å². The van der Waals surface area contributed by atoms with Crippen LogP contribution in [-0.2, 0) is 11.2 Å². The van der Waals surface area contributed by atoms with Crippen LogP contribution < -0.4 is 10.6 Å². The number of aliphatic hydroxyl groups excluding tert-OH is 1. The summed E-state index contributed by atoms with van der Waals surface area (Å²) in [5.74, 6) is -0.869. The van der Waals surface area contributed by atoms with Crippen LogP contribution in [0.2, 0.25) is 0 Å². The van der Waals surface area contributed by atoms with E-state index in [9.17, 15) is 14.7 Å². The molecule has 3 N–H and O–H groups in total. The summed E-state index contributed by atoms with van der Waals surface area (Å²) in [7, 11) is 0. The van der Waals surface area contributed by atoms with E-state index in [2.05, 4.69) is 29.2 Å². The zero-order valence-electron chi connectivity index (χ0n) is 15.8. The van der Waals surface area contributed by atoms with Crippen molar-refractivity contribution >= 4 is 23.2 Å². The summed E-state index contributed by atoms with van der Waals surface area (Å²) in [6.07, 6.45) is 1.58. The molecule has 6 heteroatoms. The van der Waals surface area contributed by atoms with Crippen molar-refractivity contribution in [1.29, 1.82) is 0 Å². The van der Waals surface area contributed by atoms with E-state index in [1.807, 2.05) is 24.3 Å². The number of carbonyl (C=O) groups excluding carboxylic acids is 2. The largest absolute Gasteiger partial charge is 0.391 e. The van der Waals surface area contributed by atoms with Gasteiger partial charge in [-0.15, -0.1) is 0 Å². The molecule has 2 heterocycles. The van der Waals surface area contributed by atoms with Gasteiger partial charge in [-0.25, -0.2) is 0 Å². The number of carbonyl (C=O) groups is 2. The highest BCUT2D eigenvalue weighted by atomic mass is 16.3. The molecule has 0 unspecified atom stereocenters. The number of β-amino-alcohol motifs (C(OH)–C–C–N with tert-alkyl or cyclic N) is 1. The lowest BCUT2D eigenvalue weighted by molar-refractivity contribution is -0.119. The maximum Gasteiger partial charge on any atom is 0.253 e. The Hall–Kier alpha value is -2.86. The number of benzene rings is 2. The van der Waals surface area contributed by atoms with E-state index in [1.54, 1.807) is 4.90 Å². The van der Waals surface area contributed by atoms with Crippen LogP contribution in [0.3, 0.4) is 0 Å². The highest BCUT2D eigenvalue weighted by Gasteiger charge is 2.35. The van der Waals surface area contributed by atoms with E-state index in [0.717, 1.165) is 25.1 Å². The van der Waals surface area contributed by atoms with Crippen LogP contribution in [0, 0.1) is 5.92 Å². The number of aliphatic hydroxyl groups is 1. The third kappa shape index (κ3) is 3.60. The van der Waals surface area contributed by atoms with Gasteiger partial charge in [-0.3, -0.25) is 9.59 Å². The number of hydrogen-bond acceptors (Lipinski definition) is 4. The minimum Gasteiger partial charge on any atom is -0.391 e. The van der Waals surface area contributed by atoms with Crippen LogP contribution >= 0.6 is 0 Å². The molecule has 0 radical (unpaired) electrons. The van der Waals surface area contributed by atoms with Crippen LogP contribution in [0.5, 0.6) is 0 Å². The van der Waals surface area contributed by atoms with Gasteiger partial charge in [0, 0.05) is 48.9 Å². The normalized spacial score (nSPS) is 21.5. The van der Waals surface area contributed by atoms with E-state index < -0.39 is 12.0 Å². The number of primary amides is 1. The minimum absolute atomic E-state index is 0.0955. The first-order valence-corrected chi connectivity index (χ1v) is 9.74. The summed E-state index contributed by atoms with van der Waals surface area (Å²) < 4.78 is 0. The van der Waals surface area contributed by atoms with E-state index in [4.69, 9.17) is 5.73 Å². The van der Waals surface area contributed by atoms with E-state index in [1.165, 1.54) is 11.3 Å². The molecule has 2 amide bonds. The summed E-state index contributed by atoms with van der Waals surface area (Å²) in [6, 6.07) is 16.0. The van der Waals surface area contributed by atoms with Gasteiger partial charge in [-0.05, 0) is 48.7 Å². The molecule has 0 spiro atoms. The average molecular weight is 379 g/mol. The fraction of sp³-hybridized carbons (Fsp3) is 0.364. The van der Waals surface area contributed by atoms with E-state index in [0.29, 0.717) is 12.1 Å². The lowest BCUT2D eigenvalue weighted by atomic mass is 10.0. The van der Waals surface area contributed by atoms with Gasteiger partial charge < -0.3 is 20.6 Å². The quantitative estimate of drug-likeness (QED) is 0.852. The second-order valence-electron chi connectivity index (χ2n) is 7.64. The van der Waals surface area contributed by atoms with Gasteiger partial charge >= 0.3 is 0 Å². The molecule has 1 saturated heterocycles. The number of hydrogen-bond donors (Lipinski definition) is 2. The molecule has 2 aliphatic rings. The Labute approximate surface area is 164 Å². The average Bonchev–Trinajstić information content (AvgIpc) is 3.07. The van der Waals surface area contributed by atoms with Gasteiger partial charge in [0.1, 0.15) is 0 Å². The molecule has 0 aromatic heterocycles. The molecule has 2 aromatic carbocycles.